The summed E-state index contributed by atoms with van der Waals surface area (Å²) in [6.45, 7) is 1.92. The molecule has 2 amide bonds. The van der Waals surface area contributed by atoms with Crippen LogP contribution >= 0.6 is 11.6 Å². The largest absolute Gasteiger partial charge is 0.696 e. The molecule has 0 aromatic heterocycles. The molecule has 110 valence electrons. The number of amides is 2. The molecule has 4 nitrogen and oxygen atoms in total. The molecule has 0 aliphatic carbocycles. The SMILES string of the molecule is Cc1cccc(N2C(=O)c3ccc(Cl)cc3C2=O)c1.N#C[S-]. The normalized spacial score (nSPS) is 12.3. The quantitative estimate of drug-likeness (QED) is 0.456. The maximum atomic E-state index is 12.3. The molecule has 22 heavy (non-hydrogen) atoms. The number of carbonyl (C=O) groups excluding carboxylic acids is 2. The Hall–Kier alpha value is -2.42. The molecule has 0 fully saturated rings. The molecule has 1 aliphatic rings. The minimum Gasteiger partial charge on any atom is -0.696 e. The molecule has 1 aliphatic heterocycles. The predicted molar refractivity (Wildman–Crippen MR) is 86.7 cm³/mol. The van der Waals surface area contributed by atoms with Gasteiger partial charge >= 0.3 is 0 Å². The summed E-state index contributed by atoms with van der Waals surface area (Å²) in [5.74, 6) is -0.629. The second-order valence-corrected chi connectivity index (χ2v) is 5.18. The summed E-state index contributed by atoms with van der Waals surface area (Å²) >= 11 is 9.57. The second-order valence-electron chi connectivity index (χ2n) is 4.57. The van der Waals surface area contributed by atoms with E-state index in [1.54, 1.807) is 18.2 Å². The van der Waals surface area contributed by atoms with Crippen LogP contribution in [-0.2, 0) is 12.6 Å². The van der Waals surface area contributed by atoms with Gasteiger partial charge in [0.1, 0.15) is 0 Å². The number of nitriles is 1. The van der Waals surface area contributed by atoms with E-state index in [1.165, 1.54) is 16.4 Å². The van der Waals surface area contributed by atoms with Crippen LogP contribution < -0.4 is 4.90 Å². The van der Waals surface area contributed by atoms with Crippen molar-refractivity contribution < 1.29 is 9.59 Å². The van der Waals surface area contributed by atoms with Gasteiger partial charge in [0, 0.05) is 5.02 Å². The summed E-state index contributed by atoms with van der Waals surface area (Å²) in [5.41, 5.74) is 2.34. The van der Waals surface area contributed by atoms with Crippen molar-refractivity contribution in [2.45, 2.75) is 6.92 Å². The van der Waals surface area contributed by atoms with Gasteiger partial charge in [0.25, 0.3) is 11.8 Å². The third-order valence-corrected chi connectivity index (χ3v) is 3.34. The molecule has 0 bridgehead atoms. The van der Waals surface area contributed by atoms with Gasteiger partial charge in [0.15, 0.2) is 0 Å². The first-order valence-electron chi connectivity index (χ1n) is 6.26. The number of carbonyl (C=O) groups is 2. The van der Waals surface area contributed by atoms with Gasteiger partial charge in [-0.15, -0.1) is 0 Å². The Labute approximate surface area is 138 Å². The van der Waals surface area contributed by atoms with Crippen LogP contribution in [0.15, 0.2) is 42.5 Å². The molecule has 0 atom stereocenters. The third-order valence-electron chi connectivity index (χ3n) is 3.11. The van der Waals surface area contributed by atoms with Crippen LogP contribution in [0, 0.1) is 17.6 Å². The van der Waals surface area contributed by atoms with Crippen molar-refractivity contribution in [1.29, 1.82) is 5.26 Å². The van der Waals surface area contributed by atoms with E-state index in [4.69, 9.17) is 16.9 Å². The van der Waals surface area contributed by atoms with E-state index < -0.39 is 0 Å². The van der Waals surface area contributed by atoms with Crippen molar-refractivity contribution in [1.82, 2.24) is 0 Å². The lowest BCUT2D eigenvalue weighted by molar-refractivity contribution is 0.0926. The summed E-state index contributed by atoms with van der Waals surface area (Å²) < 4.78 is 0. The van der Waals surface area contributed by atoms with E-state index in [0.29, 0.717) is 21.8 Å². The molecule has 0 radical (unpaired) electrons. The van der Waals surface area contributed by atoms with Crippen LogP contribution in [0.3, 0.4) is 0 Å². The molecule has 0 N–H and O–H groups in total. The highest BCUT2D eigenvalue weighted by Gasteiger charge is 2.36. The van der Waals surface area contributed by atoms with Gasteiger partial charge in [-0.2, -0.15) is 0 Å². The summed E-state index contributed by atoms with van der Waals surface area (Å²) in [5, 5.41) is 8.92. The lowest BCUT2D eigenvalue weighted by Gasteiger charge is -2.14. The number of halogens is 1. The van der Waals surface area contributed by atoms with Crippen molar-refractivity contribution in [3.8, 4) is 5.40 Å². The Morgan fingerprint density at radius 2 is 1.73 bits per heavy atom. The Morgan fingerprint density at radius 1 is 1.09 bits per heavy atom. The van der Waals surface area contributed by atoms with E-state index >= 15 is 0 Å². The fourth-order valence-electron chi connectivity index (χ4n) is 2.21. The Balaban J connectivity index is 0.000000545. The molecule has 2 aromatic rings. The van der Waals surface area contributed by atoms with Crippen LogP contribution in [0.1, 0.15) is 26.3 Å². The molecule has 0 spiro atoms. The molecule has 0 saturated heterocycles. The van der Waals surface area contributed by atoms with Crippen LogP contribution in [0.4, 0.5) is 5.69 Å². The highest BCUT2D eigenvalue weighted by Crippen LogP contribution is 2.30. The van der Waals surface area contributed by atoms with Crippen LogP contribution in [0.5, 0.6) is 0 Å². The van der Waals surface area contributed by atoms with Crippen molar-refractivity contribution in [3.63, 3.8) is 0 Å². The zero-order valence-corrected chi connectivity index (χ0v) is 13.1. The highest BCUT2D eigenvalue weighted by molar-refractivity contribution is 7.64. The number of imide groups is 1. The first kappa shape index (κ1) is 16.0. The van der Waals surface area contributed by atoms with E-state index in [-0.39, 0.29) is 11.8 Å². The number of anilines is 1. The number of rotatable bonds is 1. The number of aryl methyl sites for hydroxylation is 1. The Kier molecular flexibility index (Phi) is 4.76. The standard InChI is InChI=1S/C15H10ClNO2.CHNS/c1-9-3-2-4-11(7-9)17-14(18)12-6-5-10(16)8-13(12)15(17)19;2-1-3/h2-8H,1H3;3H/p-1. The van der Waals surface area contributed by atoms with E-state index in [0.717, 1.165) is 5.56 Å². The first-order valence-corrected chi connectivity index (χ1v) is 7.04. The number of benzene rings is 2. The van der Waals surface area contributed by atoms with Gasteiger partial charge in [0.2, 0.25) is 0 Å². The first-order chi connectivity index (χ1) is 10.5. The summed E-state index contributed by atoms with van der Waals surface area (Å²) in [4.78, 5) is 25.8. The van der Waals surface area contributed by atoms with Gasteiger partial charge in [-0.1, -0.05) is 29.1 Å². The summed E-state index contributed by atoms with van der Waals surface area (Å²) in [6, 6.07) is 12.0. The predicted octanol–water partition coefficient (Wildman–Crippen LogP) is 3.46. The van der Waals surface area contributed by atoms with Crippen molar-refractivity contribution >= 4 is 41.7 Å². The molecule has 2 aromatic carbocycles. The molecular formula is C16H10ClN2O2S-. The Bertz CT molecular complexity index is 799. The fraction of sp³-hybridized carbons (Fsp3) is 0.0625. The lowest BCUT2D eigenvalue weighted by Crippen LogP contribution is -2.29. The van der Waals surface area contributed by atoms with Crippen LogP contribution in [-0.4, -0.2) is 11.8 Å². The molecule has 0 saturated carbocycles. The third kappa shape index (κ3) is 2.93. The van der Waals surface area contributed by atoms with Crippen LogP contribution in [0.25, 0.3) is 0 Å². The monoisotopic (exact) mass is 329 g/mol. The number of fused-ring (bicyclic) bond motifs is 1. The number of hydrogen-bond donors (Lipinski definition) is 0. The van der Waals surface area contributed by atoms with Gasteiger partial charge in [-0.3, -0.25) is 9.59 Å². The smallest absolute Gasteiger partial charge is 0.266 e. The maximum absolute atomic E-state index is 12.3. The van der Waals surface area contributed by atoms with Gasteiger partial charge < -0.3 is 12.6 Å². The molecule has 3 rings (SSSR count). The number of hydrogen-bond acceptors (Lipinski definition) is 4. The Morgan fingerprint density at radius 3 is 2.36 bits per heavy atom. The molecule has 0 unspecified atom stereocenters. The van der Waals surface area contributed by atoms with Crippen molar-refractivity contribution in [2.24, 2.45) is 0 Å². The van der Waals surface area contributed by atoms with E-state index in [1.807, 2.05) is 25.1 Å². The molecule has 6 heteroatoms. The zero-order valence-electron chi connectivity index (χ0n) is 11.5. The van der Waals surface area contributed by atoms with E-state index in [9.17, 15) is 9.59 Å². The minimum atomic E-state index is -0.326. The van der Waals surface area contributed by atoms with Crippen molar-refractivity contribution in [2.75, 3.05) is 4.90 Å². The lowest BCUT2D eigenvalue weighted by atomic mass is 10.1. The molecular weight excluding hydrogens is 320 g/mol. The minimum absolute atomic E-state index is 0.303. The van der Waals surface area contributed by atoms with Gasteiger partial charge in [-0.25, -0.2) is 10.2 Å². The number of nitrogens with zero attached hydrogens (tertiary/aromatic N) is 2. The maximum Gasteiger partial charge on any atom is 0.266 e. The topological polar surface area (TPSA) is 61.2 Å². The average molecular weight is 330 g/mol. The second kappa shape index (κ2) is 6.56. The van der Waals surface area contributed by atoms with E-state index in [2.05, 4.69) is 12.6 Å². The average Bonchev–Trinajstić information content (AvgIpc) is 2.71. The molecule has 1 heterocycles. The van der Waals surface area contributed by atoms with Gasteiger partial charge in [-0.05, 0) is 42.8 Å². The fourth-order valence-corrected chi connectivity index (χ4v) is 2.39. The number of thiocyanates is 1. The summed E-state index contributed by atoms with van der Waals surface area (Å²) in [7, 11) is 0. The van der Waals surface area contributed by atoms with Crippen LogP contribution in [0.2, 0.25) is 5.02 Å². The zero-order chi connectivity index (χ0) is 16.3. The summed E-state index contributed by atoms with van der Waals surface area (Å²) in [6.07, 6.45) is 0. The highest BCUT2D eigenvalue weighted by atomic mass is 35.5. The van der Waals surface area contributed by atoms with Gasteiger partial charge in [0.05, 0.1) is 16.8 Å². The van der Waals surface area contributed by atoms with Crippen molar-refractivity contribution in [3.05, 3.63) is 64.2 Å².